The highest BCUT2D eigenvalue weighted by molar-refractivity contribution is 9.10. The third-order valence-corrected chi connectivity index (χ3v) is 5.22. The Hall–Kier alpha value is -2.38. The topological polar surface area (TPSA) is 101 Å². The van der Waals surface area contributed by atoms with E-state index in [0.29, 0.717) is 12.5 Å². The maximum Gasteiger partial charge on any atom is 0.201 e. The number of rotatable bonds is 5. The van der Waals surface area contributed by atoms with Gasteiger partial charge in [0.05, 0.1) is 0 Å². The Morgan fingerprint density at radius 1 is 1.15 bits per heavy atom. The first-order valence-electron chi connectivity index (χ1n) is 8.90. The van der Waals surface area contributed by atoms with Gasteiger partial charge in [0, 0.05) is 16.9 Å². The summed E-state index contributed by atoms with van der Waals surface area (Å²) in [5, 5.41) is 6.17. The van der Waals surface area contributed by atoms with E-state index in [-0.39, 0.29) is 11.9 Å². The Kier molecular flexibility index (Phi) is 5.82. The SMILES string of the molecule is Cc1ccc(CCN=C2NC(N)=NC(N)([C@@H](C)c3ccc(Br)cc3)N2)cc1. The smallest absolute Gasteiger partial charge is 0.201 e. The Balaban J connectivity index is 1.71. The molecule has 6 nitrogen and oxygen atoms in total. The molecule has 6 N–H and O–H groups in total. The molecule has 0 spiro atoms. The number of benzene rings is 2. The molecule has 2 atom stereocenters. The zero-order valence-corrected chi connectivity index (χ0v) is 17.1. The van der Waals surface area contributed by atoms with Crippen molar-refractivity contribution in [3.8, 4) is 0 Å². The van der Waals surface area contributed by atoms with Gasteiger partial charge in [-0.2, -0.15) is 0 Å². The average molecular weight is 429 g/mol. The van der Waals surface area contributed by atoms with E-state index in [9.17, 15) is 0 Å². The quantitative estimate of drug-likeness (QED) is 0.587. The molecule has 27 heavy (non-hydrogen) atoms. The van der Waals surface area contributed by atoms with E-state index >= 15 is 0 Å². The molecule has 2 aromatic rings. The molecule has 0 bridgehead atoms. The van der Waals surface area contributed by atoms with E-state index in [1.165, 1.54) is 11.1 Å². The third-order valence-electron chi connectivity index (χ3n) is 4.69. The molecule has 0 amide bonds. The molecular weight excluding hydrogens is 404 g/mol. The van der Waals surface area contributed by atoms with Crippen molar-refractivity contribution in [2.75, 3.05) is 6.54 Å². The van der Waals surface area contributed by atoms with Crippen LogP contribution in [-0.4, -0.2) is 24.3 Å². The van der Waals surface area contributed by atoms with Crippen LogP contribution in [0.5, 0.6) is 0 Å². The van der Waals surface area contributed by atoms with Crippen LogP contribution in [0.1, 0.15) is 29.5 Å². The summed E-state index contributed by atoms with van der Waals surface area (Å²) in [6, 6.07) is 16.5. The molecule has 0 saturated carbocycles. The highest BCUT2D eigenvalue weighted by Gasteiger charge is 2.36. The lowest BCUT2D eigenvalue weighted by molar-refractivity contribution is 0.337. The molecule has 7 heteroatoms. The lowest BCUT2D eigenvalue weighted by atomic mass is 9.94. The summed E-state index contributed by atoms with van der Waals surface area (Å²) < 4.78 is 1.02. The lowest BCUT2D eigenvalue weighted by Crippen LogP contribution is -2.66. The maximum absolute atomic E-state index is 6.54. The summed E-state index contributed by atoms with van der Waals surface area (Å²) in [5.74, 6) is -0.366. The largest absolute Gasteiger partial charge is 0.370 e. The van der Waals surface area contributed by atoms with Gasteiger partial charge >= 0.3 is 0 Å². The molecule has 2 aromatic carbocycles. The zero-order valence-electron chi connectivity index (χ0n) is 15.5. The second kappa shape index (κ2) is 8.10. The van der Waals surface area contributed by atoms with Crippen LogP contribution in [0.15, 0.2) is 63.0 Å². The fraction of sp³-hybridized carbons (Fsp3) is 0.300. The first-order chi connectivity index (χ1) is 12.9. The molecule has 0 aliphatic carbocycles. The molecule has 1 unspecified atom stereocenters. The van der Waals surface area contributed by atoms with Gasteiger partial charge in [0.25, 0.3) is 0 Å². The number of guanidine groups is 2. The van der Waals surface area contributed by atoms with Gasteiger partial charge in [-0.3, -0.25) is 16.0 Å². The van der Waals surface area contributed by atoms with Crippen molar-refractivity contribution in [2.24, 2.45) is 21.5 Å². The number of nitrogens with zero attached hydrogens (tertiary/aromatic N) is 2. The van der Waals surface area contributed by atoms with Gasteiger partial charge in [-0.05, 0) is 36.6 Å². The Bertz CT molecular complexity index is 844. The van der Waals surface area contributed by atoms with E-state index in [0.717, 1.165) is 16.5 Å². The number of hydrogen-bond donors (Lipinski definition) is 4. The number of aliphatic imine (C=N–C) groups is 2. The molecule has 3 rings (SSSR count). The van der Waals surface area contributed by atoms with Crippen molar-refractivity contribution < 1.29 is 0 Å². The van der Waals surface area contributed by atoms with Crippen molar-refractivity contribution in [3.63, 3.8) is 0 Å². The molecule has 0 radical (unpaired) electrons. The van der Waals surface area contributed by atoms with Gasteiger partial charge in [-0.15, -0.1) is 0 Å². The average Bonchev–Trinajstić information content (AvgIpc) is 2.63. The zero-order chi connectivity index (χ0) is 19.4. The van der Waals surface area contributed by atoms with Gasteiger partial charge < -0.3 is 11.1 Å². The van der Waals surface area contributed by atoms with Crippen LogP contribution in [-0.2, 0) is 6.42 Å². The third kappa shape index (κ3) is 4.87. The van der Waals surface area contributed by atoms with Crippen molar-refractivity contribution in [1.29, 1.82) is 0 Å². The fourth-order valence-corrected chi connectivity index (χ4v) is 3.20. The first kappa shape index (κ1) is 19.4. The Morgan fingerprint density at radius 3 is 2.48 bits per heavy atom. The van der Waals surface area contributed by atoms with Crippen LogP contribution in [0.2, 0.25) is 0 Å². The minimum atomic E-state index is -1.06. The van der Waals surface area contributed by atoms with Crippen molar-refractivity contribution >= 4 is 27.8 Å². The molecule has 0 aromatic heterocycles. The highest BCUT2D eigenvalue weighted by Crippen LogP contribution is 2.27. The van der Waals surface area contributed by atoms with Crippen LogP contribution >= 0.6 is 15.9 Å². The fourth-order valence-electron chi connectivity index (χ4n) is 2.94. The molecule has 1 aliphatic heterocycles. The predicted molar refractivity (Wildman–Crippen MR) is 115 cm³/mol. The van der Waals surface area contributed by atoms with E-state index in [1.54, 1.807) is 0 Å². The second-order valence-electron chi connectivity index (χ2n) is 6.81. The Labute approximate surface area is 168 Å². The molecule has 1 heterocycles. The van der Waals surface area contributed by atoms with Crippen molar-refractivity contribution in [1.82, 2.24) is 10.6 Å². The van der Waals surface area contributed by atoms with E-state index < -0.39 is 5.79 Å². The van der Waals surface area contributed by atoms with Crippen LogP contribution in [0.25, 0.3) is 0 Å². The number of aryl methyl sites for hydroxylation is 1. The minimum Gasteiger partial charge on any atom is -0.370 e. The maximum atomic E-state index is 6.54. The van der Waals surface area contributed by atoms with E-state index in [4.69, 9.17) is 11.5 Å². The molecule has 142 valence electrons. The van der Waals surface area contributed by atoms with Crippen molar-refractivity contribution in [3.05, 3.63) is 69.7 Å². The molecular formula is C20H25BrN6. The van der Waals surface area contributed by atoms with Crippen molar-refractivity contribution in [2.45, 2.75) is 32.0 Å². The standard InChI is InChI=1S/C20H25BrN6/c1-13-3-5-15(6-4-13)11-12-24-19-25-18(22)26-20(23,27-19)14(2)16-7-9-17(21)10-8-16/h3-10,14H,11-12,23H2,1-2H3,(H4,22,24,25,26,27)/t14-,20?/m0/s1. The first-order valence-corrected chi connectivity index (χ1v) is 9.70. The monoisotopic (exact) mass is 428 g/mol. The molecule has 0 saturated heterocycles. The highest BCUT2D eigenvalue weighted by atomic mass is 79.9. The summed E-state index contributed by atoms with van der Waals surface area (Å²) in [7, 11) is 0. The van der Waals surface area contributed by atoms with Gasteiger partial charge in [-0.25, -0.2) is 4.99 Å². The van der Waals surface area contributed by atoms with Crippen LogP contribution in [0.4, 0.5) is 0 Å². The minimum absolute atomic E-state index is 0.103. The number of nitrogens with one attached hydrogen (secondary N) is 2. The van der Waals surface area contributed by atoms with E-state index in [1.807, 2.05) is 31.2 Å². The number of nitrogens with two attached hydrogens (primary N) is 2. The van der Waals surface area contributed by atoms with Gasteiger partial charge in [0.15, 0.2) is 11.7 Å². The number of hydrogen-bond acceptors (Lipinski definition) is 4. The summed E-state index contributed by atoms with van der Waals surface area (Å²) >= 11 is 3.45. The predicted octanol–water partition coefficient (Wildman–Crippen LogP) is 2.58. The van der Waals surface area contributed by atoms with Crippen LogP contribution in [0, 0.1) is 6.92 Å². The lowest BCUT2D eigenvalue weighted by Gasteiger charge is -2.37. The summed E-state index contributed by atoms with van der Waals surface area (Å²) in [5.41, 5.74) is 16.1. The summed E-state index contributed by atoms with van der Waals surface area (Å²) in [6.07, 6.45) is 0.837. The summed E-state index contributed by atoms with van der Waals surface area (Å²) in [4.78, 5) is 8.98. The second-order valence-corrected chi connectivity index (χ2v) is 7.73. The summed E-state index contributed by atoms with van der Waals surface area (Å²) in [6.45, 7) is 4.71. The Morgan fingerprint density at radius 2 is 1.81 bits per heavy atom. The van der Waals surface area contributed by atoms with Crippen LogP contribution in [0.3, 0.4) is 0 Å². The van der Waals surface area contributed by atoms with Gasteiger partial charge in [0.1, 0.15) is 0 Å². The number of halogens is 1. The molecule has 1 aliphatic rings. The van der Waals surface area contributed by atoms with Crippen LogP contribution < -0.4 is 22.1 Å². The van der Waals surface area contributed by atoms with Gasteiger partial charge in [-0.1, -0.05) is 64.8 Å². The van der Waals surface area contributed by atoms with E-state index in [2.05, 4.69) is 67.7 Å². The van der Waals surface area contributed by atoms with Gasteiger partial charge in [0.2, 0.25) is 5.96 Å². The normalized spacial score (nSPS) is 21.9. The molecule has 0 fully saturated rings.